The lowest BCUT2D eigenvalue weighted by Gasteiger charge is -2.24. The van der Waals surface area contributed by atoms with Crippen molar-refractivity contribution in [3.8, 4) is 17.0 Å². The molecule has 4 aromatic rings. The Morgan fingerprint density at radius 3 is 2.00 bits per heavy atom. The van der Waals surface area contributed by atoms with E-state index in [2.05, 4.69) is 26.6 Å². The van der Waals surface area contributed by atoms with E-state index < -0.39 is 85.0 Å². The fraction of sp³-hybridized carbons (Fsp3) is 0.362. The summed E-state index contributed by atoms with van der Waals surface area (Å²) in [5.41, 5.74) is 4.36. The van der Waals surface area contributed by atoms with Gasteiger partial charge in [0.2, 0.25) is 23.6 Å². The predicted molar refractivity (Wildman–Crippen MR) is 237 cm³/mol. The number of hydrogen-bond acceptors (Lipinski definition) is 11. The van der Waals surface area contributed by atoms with E-state index in [4.69, 9.17) is 14.8 Å². The van der Waals surface area contributed by atoms with Gasteiger partial charge in [-0.05, 0) is 42.5 Å². The topological polar surface area (TPSA) is 283 Å². The van der Waals surface area contributed by atoms with Crippen LogP contribution in [-0.4, -0.2) is 105 Å². The second-order valence-electron chi connectivity index (χ2n) is 15.8. The van der Waals surface area contributed by atoms with E-state index >= 15 is 0 Å². The van der Waals surface area contributed by atoms with Gasteiger partial charge in [0.15, 0.2) is 6.04 Å². The van der Waals surface area contributed by atoms with Gasteiger partial charge in [0.1, 0.15) is 41.5 Å². The molecule has 8 N–H and O–H groups in total. The molecule has 348 valence electrons. The Hall–Kier alpha value is -7.70. The number of nitrogens with zero attached hydrogens (tertiary/aromatic N) is 2. The molecule has 66 heavy (non-hydrogen) atoms. The molecular formula is C47H54N7O12+. The van der Waals surface area contributed by atoms with Crippen molar-refractivity contribution in [1.29, 1.82) is 0 Å². The lowest BCUT2D eigenvalue weighted by Crippen LogP contribution is -2.57. The Bertz CT molecular complexity index is 2380. The van der Waals surface area contributed by atoms with Crippen LogP contribution >= 0.6 is 0 Å². The summed E-state index contributed by atoms with van der Waals surface area (Å²) in [6, 6.07) is 21.9. The quantitative estimate of drug-likeness (QED) is 0.0332. The maximum atomic E-state index is 13.8. The molecule has 0 fully saturated rings. The van der Waals surface area contributed by atoms with Crippen molar-refractivity contribution in [2.45, 2.75) is 95.3 Å². The third kappa shape index (κ3) is 15.2. The first-order valence-electron chi connectivity index (χ1n) is 21.5. The lowest BCUT2D eigenvalue weighted by molar-refractivity contribution is -0.552. The number of benzene rings is 3. The van der Waals surface area contributed by atoms with E-state index in [0.29, 0.717) is 56.0 Å². The highest BCUT2D eigenvalue weighted by molar-refractivity contribution is 5.96. The number of hydrogen-bond donors (Lipinski definition) is 8. The van der Waals surface area contributed by atoms with Crippen molar-refractivity contribution in [3.05, 3.63) is 108 Å². The first-order valence-corrected chi connectivity index (χ1v) is 21.5. The van der Waals surface area contributed by atoms with Gasteiger partial charge in [0.05, 0.1) is 19.4 Å². The Morgan fingerprint density at radius 2 is 1.35 bits per heavy atom. The van der Waals surface area contributed by atoms with Crippen LogP contribution in [0.2, 0.25) is 0 Å². The van der Waals surface area contributed by atoms with Crippen LogP contribution in [0, 0.1) is 0 Å². The number of carboxylic acid groups (broad SMARTS) is 3. The second-order valence-corrected chi connectivity index (χ2v) is 15.8. The molecule has 1 aromatic heterocycles. The molecular weight excluding hydrogens is 855 g/mol. The maximum absolute atomic E-state index is 13.8. The Labute approximate surface area is 380 Å². The second kappa shape index (κ2) is 24.4. The number of carbonyl (C=O) groups excluding carboxylic acids is 5. The zero-order valence-electron chi connectivity index (χ0n) is 36.4. The van der Waals surface area contributed by atoms with E-state index in [1.807, 2.05) is 84.9 Å². The average Bonchev–Trinajstić information content (AvgIpc) is 3.59. The molecule has 0 saturated carbocycles. The van der Waals surface area contributed by atoms with Gasteiger partial charge in [-0.15, -0.1) is 0 Å². The third-order valence-electron chi connectivity index (χ3n) is 10.5. The van der Waals surface area contributed by atoms with E-state index in [9.17, 15) is 48.6 Å². The first kappa shape index (κ1) is 49.3. The molecule has 2 heterocycles. The van der Waals surface area contributed by atoms with Crippen molar-refractivity contribution in [1.82, 2.24) is 26.3 Å². The van der Waals surface area contributed by atoms with Gasteiger partial charge in [-0.25, -0.2) is 9.78 Å². The fourth-order valence-corrected chi connectivity index (χ4v) is 7.27. The Morgan fingerprint density at radius 1 is 0.727 bits per heavy atom. The summed E-state index contributed by atoms with van der Waals surface area (Å²) in [7, 11) is 0. The monoisotopic (exact) mass is 908 g/mol. The molecule has 0 aliphatic carbocycles. The molecule has 1 unspecified atom stereocenters. The number of rotatable bonds is 26. The van der Waals surface area contributed by atoms with E-state index in [-0.39, 0.29) is 18.9 Å². The van der Waals surface area contributed by atoms with E-state index in [1.165, 1.54) is 0 Å². The summed E-state index contributed by atoms with van der Waals surface area (Å²) in [6.07, 6.45) is 2.64. The summed E-state index contributed by atoms with van der Waals surface area (Å²) < 4.78 is 7.70. The number of carbonyl (C=O) groups is 8. The maximum Gasteiger partial charge on any atom is 0.359 e. The molecule has 0 bridgehead atoms. The van der Waals surface area contributed by atoms with Crippen LogP contribution in [0.4, 0.5) is 5.82 Å². The van der Waals surface area contributed by atoms with Gasteiger partial charge in [0.25, 0.3) is 0 Å². The van der Waals surface area contributed by atoms with Crippen LogP contribution in [0.3, 0.4) is 0 Å². The highest BCUT2D eigenvalue weighted by Crippen LogP contribution is 2.26. The summed E-state index contributed by atoms with van der Waals surface area (Å²) in [4.78, 5) is 103. The van der Waals surface area contributed by atoms with Crippen molar-refractivity contribution in [2.75, 3.05) is 18.5 Å². The zero-order valence-corrected chi connectivity index (χ0v) is 36.4. The molecule has 0 spiro atoms. The number of anilines is 1. The normalized spacial score (nSPS) is 14.1. The number of aromatic nitrogens is 2. The first-order chi connectivity index (χ1) is 31.7. The molecule has 1 aliphatic rings. The molecule has 19 nitrogen and oxygen atoms in total. The molecule has 1 aliphatic heterocycles. The van der Waals surface area contributed by atoms with Crippen molar-refractivity contribution in [2.24, 2.45) is 0 Å². The highest BCUT2D eigenvalue weighted by atomic mass is 16.5. The largest absolute Gasteiger partial charge is 0.494 e. The molecule has 5 rings (SSSR count). The smallest absolute Gasteiger partial charge is 0.359 e. The minimum absolute atomic E-state index is 0.0832. The molecule has 4 atom stereocenters. The van der Waals surface area contributed by atoms with Gasteiger partial charge < -0.3 is 41.3 Å². The average molecular weight is 909 g/mol. The summed E-state index contributed by atoms with van der Waals surface area (Å²) in [6.45, 7) is 1.62. The van der Waals surface area contributed by atoms with Crippen LogP contribution in [0.5, 0.6) is 5.75 Å². The number of fused-ring (bicyclic) bond motifs is 1. The third-order valence-corrected chi connectivity index (χ3v) is 10.5. The number of carboxylic acids is 3. The lowest BCUT2D eigenvalue weighted by atomic mass is 10.1. The standard InChI is InChI=1S/C47H53N7O12/c1-29(55)49-34(19-20-40(56)57)45(63)53-37(27-42(60)61)46(64)52-36(26-41(58)59)44(62)48-21-10-2-3-11-22-66-33-18-12-15-31(23-33)25-38-47(65)54-28-39(32-16-8-5-9-17-32)50-35(43(54)51-38)24-30-13-6-4-7-14-30/h4-9,12-18,23,28,34,36-38H,2-3,10-11,19-22,24-27H2,1H3,(H7,48,49,52,53,55,56,57,58,59,60,61,62,63,64)/p+1/t34-,36-,37-,38?/m0/s1. The SMILES string of the molecule is CC(=O)N[C@@H](CCC(=O)O)C(=O)N[C@@H](CC(=O)O)C(=O)N[C@@H](CC(=O)O)C(=O)NCCCCCCOc1cccc(CC2Nc3c(Cc4ccccc4)nc(-c4ccccc4)c[n+]3C2=O)c1. The van der Waals surface area contributed by atoms with Crippen LogP contribution in [-0.2, 0) is 46.4 Å². The molecule has 19 heteroatoms. The van der Waals surface area contributed by atoms with Crippen molar-refractivity contribution < 1.29 is 63.0 Å². The van der Waals surface area contributed by atoms with Crippen molar-refractivity contribution >= 4 is 53.3 Å². The number of nitrogens with one attached hydrogen (secondary N) is 5. The van der Waals surface area contributed by atoms with Crippen LogP contribution < -0.4 is 35.9 Å². The number of aliphatic carboxylic acids is 3. The summed E-state index contributed by atoms with van der Waals surface area (Å²) in [5.74, 6) is -6.72. The van der Waals surface area contributed by atoms with Gasteiger partial charge in [0, 0.05) is 38.3 Å². The van der Waals surface area contributed by atoms with Gasteiger partial charge >= 0.3 is 29.6 Å². The summed E-state index contributed by atoms with van der Waals surface area (Å²) >= 11 is 0. The molecule has 3 aromatic carbocycles. The van der Waals surface area contributed by atoms with Crippen LogP contribution in [0.15, 0.2) is 91.1 Å². The minimum Gasteiger partial charge on any atom is -0.494 e. The van der Waals surface area contributed by atoms with Crippen molar-refractivity contribution in [3.63, 3.8) is 0 Å². The van der Waals surface area contributed by atoms with Crippen LogP contribution in [0.1, 0.15) is 79.9 Å². The number of unbranched alkanes of at least 4 members (excludes halogenated alkanes) is 3. The van der Waals surface area contributed by atoms with Gasteiger partial charge in [-0.3, -0.25) is 38.9 Å². The number of amides is 4. The predicted octanol–water partition coefficient (Wildman–Crippen LogP) is 2.65. The molecule has 4 amide bonds. The van der Waals surface area contributed by atoms with Crippen LogP contribution in [0.25, 0.3) is 11.3 Å². The van der Waals surface area contributed by atoms with E-state index in [1.54, 1.807) is 10.8 Å². The van der Waals surface area contributed by atoms with E-state index in [0.717, 1.165) is 35.7 Å². The minimum atomic E-state index is -1.79. The van der Waals surface area contributed by atoms with Gasteiger partial charge in [-0.2, -0.15) is 4.57 Å². The Balaban J connectivity index is 1.07. The molecule has 0 radical (unpaired) electrons. The number of ether oxygens (including phenoxy) is 1. The highest BCUT2D eigenvalue weighted by Gasteiger charge is 2.41. The molecule has 0 saturated heterocycles. The van der Waals surface area contributed by atoms with Gasteiger partial charge in [-0.1, -0.05) is 85.6 Å². The Kier molecular flexibility index (Phi) is 18.2. The zero-order chi connectivity index (χ0) is 47.6. The summed E-state index contributed by atoms with van der Waals surface area (Å²) in [5, 5.41) is 40.4. The fourth-order valence-electron chi connectivity index (χ4n) is 7.27.